The number of aliphatic hydroxyl groups is 3. The fourth-order valence-corrected chi connectivity index (χ4v) is 1.61. The molecule has 1 rings (SSSR count). The molecule has 0 aromatic carbocycles. The Balaban J connectivity index is 2.75. The third-order valence-corrected chi connectivity index (χ3v) is 2.36. The van der Waals surface area contributed by atoms with E-state index in [1.807, 2.05) is 0 Å². The van der Waals surface area contributed by atoms with Gasteiger partial charge in [-0.25, -0.2) is 0 Å². The van der Waals surface area contributed by atoms with Crippen LogP contribution in [0.2, 0.25) is 0 Å². The maximum Gasteiger partial charge on any atom is 0.184 e. The van der Waals surface area contributed by atoms with Gasteiger partial charge in [0.15, 0.2) is 6.29 Å². The summed E-state index contributed by atoms with van der Waals surface area (Å²) in [5, 5.41) is 27.7. The van der Waals surface area contributed by atoms with E-state index in [1.54, 1.807) is 0 Å². The van der Waals surface area contributed by atoms with Gasteiger partial charge in [-0.05, 0) is 0 Å². The molecule has 1 aliphatic rings. The molecule has 1 saturated heterocycles. The molecule has 0 aliphatic carbocycles. The van der Waals surface area contributed by atoms with Crippen molar-refractivity contribution < 1.29 is 29.5 Å². The van der Waals surface area contributed by atoms with E-state index in [4.69, 9.17) is 19.3 Å². The molecule has 1 heterocycles. The first-order valence-corrected chi connectivity index (χ1v) is 4.33. The van der Waals surface area contributed by atoms with Crippen LogP contribution < -0.4 is 0 Å². The molecular weight excluding hydrogens is 192 g/mol. The number of hydrogen-bond acceptors (Lipinski definition) is 6. The van der Waals surface area contributed by atoms with Crippen molar-refractivity contribution in [1.82, 2.24) is 0 Å². The number of rotatable bonds is 3. The van der Waals surface area contributed by atoms with Crippen molar-refractivity contribution in [2.45, 2.75) is 30.7 Å². The Kier molecular flexibility index (Phi) is 4.24. The van der Waals surface area contributed by atoms with Crippen LogP contribution in [-0.4, -0.2) is 66.9 Å². The lowest BCUT2D eigenvalue weighted by atomic mass is 9.99. The van der Waals surface area contributed by atoms with Gasteiger partial charge in [0.2, 0.25) is 0 Å². The minimum absolute atomic E-state index is 0.303. The average Bonchev–Trinajstić information content (AvgIpc) is 2.20. The van der Waals surface area contributed by atoms with E-state index in [-0.39, 0.29) is 6.61 Å². The summed E-state index contributed by atoms with van der Waals surface area (Å²) in [7, 11) is 2.82. The summed E-state index contributed by atoms with van der Waals surface area (Å²) in [5.74, 6) is 0. The van der Waals surface area contributed by atoms with Gasteiger partial charge in [0.05, 0.1) is 6.61 Å². The van der Waals surface area contributed by atoms with E-state index in [9.17, 15) is 10.2 Å². The fraction of sp³-hybridized carbons (Fsp3) is 1.00. The Bertz CT molecular complexity index is 171. The maximum atomic E-state index is 9.49. The number of hydrogen-bond donors (Lipinski definition) is 3. The van der Waals surface area contributed by atoms with Crippen LogP contribution in [0.25, 0.3) is 0 Å². The van der Waals surface area contributed by atoms with E-state index in [0.29, 0.717) is 0 Å². The summed E-state index contributed by atoms with van der Waals surface area (Å²) in [6.45, 7) is -0.303. The normalized spacial score (nSPS) is 43.9. The van der Waals surface area contributed by atoms with Gasteiger partial charge >= 0.3 is 0 Å². The van der Waals surface area contributed by atoms with Crippen LogP contribution in [0.1, 0.15) is 0 Å². The molecule has 1 fully saturated rings. The van der Waals surface area contributed by atoms with Gasteiger partial charge in [-0.3, -0.25) is 0 Å². The average molecular weight is 208 g/mol. The van der Waals surface area contributed by atoms with Gasteiger partial charge in [0.25, 0.3) is 0 Å². The maximum absolute atomic E-state index is 9.49. The summed E-state index contributed by atoms with van der Waals surface area (Å²) in [4.78, 5) is 0. The fourth-order valence-electron chi connectivity index (χ4n) is 1.61. The predicted molar refractivity (Wildman–Crippen MR) is 45.6 cm³/mol. The molecule has 0 bridgehead atoms. The highest BCUT2D eigenvalue weighted by molar-refractivity contribution is 4.90. The van der Waals surface area contributed by atoms with E-state index in [0.717, 1.165) is 0 Å². The van der Waals surface area contributed by atoms with E-state index < -0.39 is 30.7 Å². The first-order chi connectivity index (χ1) is 6.65. The van der Waals surface area contributed by atoms with Crippen LogP contribution in [0.5, 0.6) is 0 Å². The van der Waals surface area contributed by atoms with Crippen LogP contribution in [0.4, 0.5) is 0 Å². The first kappa shape index (κ1) is 11.8. The third-order valence-electron chi connectivity index (χ3n) is 2.36. The van der Waals surface area contributed by atoms with E-state index in [2.05, 4.69) is 0 Å². The SMILES string of the molecule is COC1C(CO)OC(O)C(O)C1OC. The second kappa shape index (κ2) is 5.01. The largest absolute Gasteiger partial charge is 0.394 e. The van der Waals surface area contributed by atoms with Gasteiger partial charge in [-0.1, -0.05) is 0 Å². The lowest BCUT2D eigenvalue weighted by Crippen LogP contribution is -2.59. The summed E-state index contributed by atoms with van der Waals surface area (Å²) in [6, 6.07) is 0. The van der Waals surface area contributed by atoms with Crippen molar-refractivity contribution in [2.24, 2.45) is 0 Å². The lowest BCUT2D eigenvalue weighted by molar-refractivity contribution is -0.294. The molecule has 1 aliphatic heterocycles. The minimum atomic E-state index is -1.36. The highest BCUT2D eigenvalue weighted by Crippen LogP contribution is 2.23. The quantitative estimate of drug-likeness (QED) is 0.501. The molecule has 3 N–H and O–H groups in total. The van der Waals surface area contributed by atoms with Crippen LogP contribution in [0.3, 0.4) is 0 Å². The summed E-state index contributed by atoms with van der Waals surface area (Å²) >= 11 is 0. The second-order valence-corrected chi connectivity index (χ2v) is 3.14. The molecule has 0 saturated carbocycles. The molecule has 0 aromatic heterocycles. The van der Waals surface area contributed by atoms with Crippen molar-refractivity contribution in [3.8, 4) is 0 Å². The number of aliphatic hydroxyl groups excluding tert-OH is 3. The molecular formula is C8H16O6. The molecule has 6 heteroatoms. The van der Waals surface area contributed by atoms with Crippen molar-refractivity contribution >= 4 is 0 Å². The molecule has 0 spiro atoms. The van der Waals surface area contributed by atoms with Crippen molar-refractivity contribution in [1.29, 1.82) is 0 Å². The Hall–Kier alpha value is -0.240. The molecule has 14 heavy (non-hydrogen) atoms. The minimum Gasteiger partial charge on any atom is -0.394 e. The van der Waals surface area contributed by atoms with Crippen LogP contribution in [-0.2, 0) is 14.2 Å². The molecule has 0 amide bonds. The zero-order valence-electron chi connectivity index (χ0n) is 8.16. The number of ether oxygens (including phenoxy) is 3. The monoisotopic (exact) mass is 208 g/mol. The Morgan fingerprint density at radius 1 is 1.14 bits per heavy atom. The Labute approximate surface area is 82.0 Å². The summed E-state index contributed by atoms with van der Waals surface area (Å²) in [6.07, 6.45) is -4.52. The van der Waals surface area contributed by atoms with Crippen LogP contribution in [0.15, 0.2) is 0 Å². The van der Waals surface area contributed by atoms with Gasteiger partial charge < -0.3 is 29.5 Å². The number of methoxy groups -OCH3 is 2. The van der Waals surface area contributed by atoms with Crippen molar-refractivity contribution in [2.75, 3.05) is 20.8 Å². The summed E-state index contributed by atoms with van der Waals surface area (Å²) < 4.78 is 15.0. The topological polar surface area (TPSA) is 88.4 Å². The van der Waals surface area contributed by atoms with Gasteiger partial charge in [0.1, 0.15) is 24.4 Å². The van der Waals surface area contributed by atoms with Crippen molar-refractivity contribution in [3.05, 3.63) is 0 Å². The van der Waals surface area contributed by atoms with E-state index >= 15 is 0 Å². The van der Waals surface area contributed by atoms with E-state index in [1.165, 1.54) is 14.2 Å². The van der Waals surface area contributed by atoms with Gasteiger partial charge in [-0.2, -0.15) is 0 Å². The molecule has 0 aromatic rings. The zero-order chi connectivity index (χ0) is 10.7. The molecule has 6 nitrogen and oxygen atoms in total. The molecule has 84 valence electrons. The van der Waals surface area contributed by atoms with Crippen LogP contribution in [0, 0.1) is 0 Å². The zero-order valence-corrected chi connectivity index (χ0v) is 8.16. The van der Waals surface area contributed by atoms with Crippen LogP contribution >= 0.6 is 0 Å². The highest BCUT2D eigenvalue weighted by Gasteiger charge is 2.44. The lowest BCUT2D eigenvalue weighted by Gasteiger charge is -2.40. The Morgan fingerprint density at radius 2 is 1.71 bits per heavy atom. The molecule has 5 atom stereocenters. The molecule has 5 unspecified atom stereocenters. The highest BCUT2D eigenvalue weighted by atomic mass is 16.7. The van der Waals surface area contributed by atoms with Crippen molar-refractivity contribution in [3.63, 3.8) is 0 Å². The summed E-state index contributed by atoms with van der Waals surface area (Å²) in [5.41, 5.74) is 0. The smallest absolute Gasteiger partial charge is 0.184 e. The Morgan fingerprint density at radius 3 is 2.14 bits per heavy atom. The standard InChI is InChI=1S/C8H16O6/c1-12-6-4(3-9)14-8(11)5(10)7(6)13-2/h4-11H,3H2,1-2H3. The first-order valence-electron chi connectivity index (χ1n) is 4.33. The van der Waals surface area contributed by atoms with Gasteiger partial charge in [0, 0.05) is 14.2 Å². The molecule has 0 radical (unpaired) electrons. The second-order valence-electron chi connectivity index (χ2n) is 3.14. The van der Waals surface area contributed by atoms with Gasteiger partial charge in [-0.15, -0.1) is 0 Å². The predicted octanol–water partition coefficient (Wildman–Crippen LogP) is -1.91. The third kappa shape index (κ3) is 2.05.